The van der Waals surface area contributed by atoms with Gasteiger partial charge in [0.15, 0.2) is 0 Å². The molecule has 2 N–H and O–H groups in total. The van der Waals surface area contributed by atoms with E-state index in [9.17, 15) is 9.90 Å². The third kappa shape index (κ3) is 5.58. The Balaban J connectivity index is 1.49. The number of para-hydroxylation sites is 1. The fourth-order valence-electron chi connectivity index (χ4n) is 4.99. The van der Waals surface area contributed by atoms with E-state index in [4.69, 9.17) is 0 Å². The summed E-state index contributed by atoms with van der Waals surface area (Å²) < 4.78 is 0. The lowest BCUT2D eigenvalue weighted by Crippen LogP contribution is -2.68. The first kappa shape index (κ1) is 23.4. The number of hydrogen-bond donors (Lipinski definition) is 2. The van der Waals surface area contributed by atoms with E-state index >= 15 is 0 Å². The molecule has 4 rings (SSSR count). The van der Waals surface area contributed by atoms with Gasteiger partial charge in [0.25, 0.3) is 0 Å². The van der Waals surface area contributed by atoms with Gasteiger partial charge in [-0.15, -0.1) is 0 Å². The molecule has 0 unspecified atom stereocenters. The number of rotatable bonds is 4. The molecule has 2 aromatic carbocycles. The zero-order valence-corrected chi connectivity index (χ0v) is 19.7. The first-order valence-electron chi connectivity index (χ1n) is 12.1. The summed E-state index contributed by atoms with van der Waals surface area (Å²) in [4.78, 5) is 17.4. The van der Waals surface area contributed by atoms with Gasteiger partial charge in [-0.05, 0) is 55.1 Å². The molecule has 2 amide bonds. The first-order chi connectivity index (χ1) is 16.1. The molecule has 2 aliphatic rings. The molecule has 0 radical (unpaired) electrons. The number of aliphatic hydroxyl groups is 1. The highest BCUT2D eigenvalue weighted by Crippen LogP contribution is 2.42. The van der Waals surface area contributed by atoms with Crippen molar-refractivity contribution in [2.24, 2.45) is 5.92 Å². The number of hydrogen-bond acceptors (Lipinski definition) is 3. The van der Waals surface area contributed by atoms with Gasteiger partial charge >= 0.3 is 6.03 Å². The largest absolute Gasteiger partial charge is 0.395 e. The smallest absolute Gasteiger partial charge is 0.321 e. The third-order valence-electron chi connectivity index (χ3n) is 6.72. The molecule has 33 heavy (non-hydrogen) atoms. The molecule has 5 heteroatoms. The average molecular weight is 446 g/mol. The van der Waals surface area contributed by atoms with Crippen molar-refractivity contribution >= 4 is 11.7 Å². The summed E-state index contributed by atoms with van der Waals surface area (Å²) in [6.45, 7) is 6.87. The maximum atomic E-state index is 13.0. The minimum absolute atomic E-state index is 0.0509. The number of carbonyl (C=O) groups excluding carboxylic acids is 1. The highest BCUT2D eigenvalue weighted by Gasteiger charge is 2.49. The van der Waals surface area contributed by atoms with Crippen molar-refractivity contribution < 1.29 is 9.90 Å². The van der Waals surface area contributed by atoms with Gasteiger partial charge in [-0.1, -0.05) is 56.0 Å². The summed E-state index contributed by atoms with van der Waals surface area (Å²) in [7, 11) is 0. The van der Waals surface area contributed by atoms with Gasteiger partial charge in [-0.2, -0.15) is 0 Å². The van der Waals surface area contributed by atoms with Gasteiger partial charge in [0.05, 0.1) is 6.61 Å². The molecule has 2 fully saturated rings. The summed E-state index contributed by atoms with van der Waals surface area (Å²) >= 11 is 0. The Labute approximate surface area is 197 Å². The van der Waals surface area contributed by atoms with E-state index in [1.807, 2.05) is 35.2 Å². The minimum Gasteiger partial charge on any atom is -0.395 e. The van der Waals surface area contributed by atoms with Gasteiger partial charge in [0.1, 0.15) is 0 Å². The Morgan fingerprint density at radius 2 is 1.82 bits per heavy atom. The zero-order chi connectivity index (χ0) is 23.2. The normalized spacial score (nSPS) is 22.9. The Hall–Kier alpha value is -2.81. The van der Waals surface area contributed by atoms with Crippen LogP contribution in [-0.2, 0) is 0 Å². The molecular formula is C28H35N3O2. The third-order valence-corrected chi connectivity index (χ3v) is 6.72. The second-order valence-electron chi connectivity index (χ2n) is 9.55. The molecule has 5 nitrogen and oxygen atoms in total. The highest BCUT2D eigenvalue weighted by molar-refractivity contribution is 5.89. The molecule has 2 saturated heterocycles. The lowest BCUT2D eigenvalue weighted by molar-refractivity contribution is -0.0585. The van der Waals surface area contributed by atoms with Crippen LogP contribution in [0, 0.1) is 17.8 Å². The van der Waals surface area contributed by atoms with E-state index in [1.54, 1.807) is 0 Å². The maximum absolute atomic E-state index is 13.0. The minimum atomic E-state index is -0.0509. The van der Waals surface area contributed by atoms with Crippen LogP contribution < -0.4 is 5.32 Å². The molecule has 3 atom stereocenters. The fourth-order valence-corrected chi connectivity index (χ4v) is 4.99. The molecule has 2 heterocycles. The molecule has 174 valence electrons. The Kier molecular flexibility index (Phi) is 7.69. The maximum Gasteiger partial charge on any atom is 0.321 e. The van der Waals surface area contributed by atoms with Gasteiger partial charge in [0, 0.05) is 48.8 Å². The molecule has 0 aromatic heterocycles. The van der Waals surface area contributed by atoms with Gasteiger partial charge in [-0.3, -0.25) is 4.90 Å². The Morgan fingerprint density at radius 3 is 2.52 bits per heavy atom. The monoisotopic (exact) mass is 445 g/mol. The van der Waals surface area contributed by atoms with E-state index in [0.29, 0.717) is 12.5 Å². The van der Waals surface area contributed by atoms with Crippen LogP contribution in [0.2, 0.25) is 0 Å². The summed E-state index contributed by atoms with van der Waals surface area (Å²) in [6, 6.07) is 18.3. The predicted octanol–water partition coefficient (Wildman–Crippen LogP) is 4.54. The zero-order valence-electron chi connectivity index (χ0n) is 19.7. The second-order valence-corrected chi connectivity index (χ2v) is 9.55. The van der Waals surface area contributed by atoms with Crippen molar-refractivity contribution in [1.29, 1.82) is 0 Å². The van der Waals surface area contributed by atoms with Crippen molar-refractivity contribution in [2.45, 2.75) is 51.1 Å². The van der Waals surface area contributed by atoms with E-state index in [2.05, 4.69) is 60.2 Å². The highest BCUT2D eigenvalue weighted by atomic mass is 16.3. The molecular weight excluding hydrogens is 410 g/mol. The number of anilines is 1. The van der Waals surface area contributed by atoms with Crippen LogP contribution in [0.25, 0.3) is 0 Å². The summed E-state index contributed by atoms with van der Waals surface area (Å²) in [5.41, 5.74) is 3.06. The summed E-state index contributed by atoms with van der Waals surface area (Å²) in [5.74, 6) is 7.28. The number of nitrogens with one attached hydrogen (secondary N) is 1. The molecule has 0 spiro atoms. The quantitative estimate of drug-likeness (QED) is 0.680. The lowest BCUT2D eigenvalue weighted by Gasteiger charge is -2.57. The fraction of sp³-hybridized carbons (Fsp3) is 0.464. The van der Waals surface area contributed by atoms with Crippen LogP contribution in [0.5, 0.6) is 0 Å². The average Bonchev–Trinajstić information content (AvgIpc) is 2.79. The molecule has 2 aromatic rings. The van der Waals surface area contributed by atoms with E-state index in [1.165, 1.54) is 5.56 Å². The lowest BCUT2D eigenvalue weighted by atomic mass is 9.74. The number of fused-ring (bicyclic) bond motifs is 1. The van der Waals surface area contributed by atoms with Gasteiger partial charge in [0.2, 0.25) is 0 Å². The number of benzene rings is 2. The van der Waals surface area contributed by atoms with Crippen molar-refractivity contribution in [1.82, 2.24) is 9.80 Å². The van der Waals surface area contributed by atoms with Crippen LogP contribution in [0.15, 0.2) is 54.6 Å². The van der Waals surface area contributed by atoms with E-state index in [-0.39, 0.29) is 30.6 Å². The van der Waals surface area contributed by atoms with Crippen LogP contribution in [0.1, 0.15) is 50.2 Å². The van der Waals surface area contributed by atoms with Crippen LogP contribution in [-0.4, -0.2) is 59.3 Å². The number of amides is 2. The molecule has 0 bridgehead atoms. The standard InChI is InChI=1S/C28H35N3O2/c1-21(2)9-8-10-22-13-15-23(16-14-22)27-25-19-30(17-6-7-18-31(25)26(27)20-32)28(33)29-24-11-4-3-5-12-24/h3-5,11-16,21,25-27,32H,6-7,9,17-20H2,1-2H3,(H,29,33)/t25-,26-,27+/m0/s1. The van der Waals surface area contributed by atoms with Gasteiger partial charge < -0.3 is 15.3 Å². The number of aliphatic hydroxyl groups excluding tert-OH is 1. The van der Waals surface area contributed by atoms with E-state index < -0.39 is 0 Å². The van der Waals surface area contributed by atoms with Crippen LogP contribution in [0.3, 0.4) is 0 Å². The van der Waals surface area contributed by atoms with Crippen molar-refractivity contribution in [3.05, 3.63) is 65.7 Å². The molecule has 0 aliphatic carbocycles. The summed E-state index contributed by atoms with van der Waals surface area (Å²) in [6.07, 6.45) is 2.89. The predicted molar refractivity (Wildman–Crippen MR) is 133 cm³/mol. The van der Waals surface area contributed by atoms with Crippen molar-refractivity contribution in [3.63, 3.8) is 0 Å². The molecule has 0 saturated carbocycles. The van der Waals surface area contributed by atoms with E-state index in [0.717, 1.165) is 43.6 Å². The van der Waals surface area contributed by atoms with Crippen molar-refractivity contribution in [2.75, 3.05) is 31.6 Å². The second kappa shape index (κ2) is 10.9. The number of urea groups is 1. The number of nitrogens with zero attached hydrogens (tertiary/aromatic N) is 2. The Bertz CT molecular complexity index is 978. The molecule has 2 aliphatic heterocycles. The van der Waals surface area contributed by atoms with Crippen molar-refractivity contribution in [3.8, 4) is 11.8 Å². The number of carbonyl (C=O) groups is 1. The SMILES string of the molecule is CC(C)CC#Cc1ccc([C@H]2[C@H](CO)N3CCCCN(C(=O)Nc4ccccc4)C[C@@H]23)cc1. The first-order valence-corrected chi connectivity index (χ1v) is 12.1. The van der Waals surface area contributed by atoms with Crippen LogP contribution in [0.4, 0.5) is 10.5 Å². The Morgan fingerprint density at radius 1 is 1.09 bits per heavy atom. The summed E-state index contributed by atoms with van der Waals surface area (Å²) in [5, 5.41) is 13.2. The van der Waals surface area contributed by atoms with Crippen LogP contribution >= 0.6 is 0 Å². The van der Waals surface area contributed by atoms with Gasteiger partial charge in [-0.25, -0.2) is 4.79 Å². The topological polar surface area (TPSA) is 55.8 Å².